The van der Waals surface area contributed by atoms with Crippen molar-refractivity contribution < 1.29 is 14.3 Å². The number of anilines is 1. The van der Waals surface area contributed by atoms with Gasteiger partial charge in [0.1, 0.15) is 11.1 Å². The zero-order valence-electron chi connectivity index (χ0n) is 13.4. The predicted molar refractivity (Wildman–Crippen MR) is 91.2 cm³/mol. The molecule has 0 aliphatic rings. The lowest BCUT2D eigenvalue weighted by Gasteiger charge is -2.05. The molecule has 3 heterocycles. The lowest BCUT2D eigenvalue weighted by molar-refractivity contribution is -0.119. The first-order valence-corrected chi connectivity index (χ1v) is 8.11. The summed E-state index contributed by atoms with van der Waals surface area (Å²) in [4.78, 5) is 28.2. The second-order valence-electron chi connectivity index (χ2n) is 5.20. The number of hydrogen-bond acceptors (Lipinski definition) is 7. The van der Waals surface area contributed by atoms with Crippen molar-refractivity contribution in [2.45, 2.75) is 6.92 Å². The van der Waals surface area contributed by atoms with E-state index in [2.05, 4.69) is 15.4 Å². The minimum atomic E-state index is -0.653. The van der Waals surface area contributed by atoms with Crippen LogP contribution in [-0.4, -0.2) is 33.2 Å². The Morgan fingerprint density at radius 1 is 1.48 bits per heavy atom. The third-order valence-corrected chi connectivity index (χ3v) is 4.30. The molecule has 0 saturated carbocycles. The number of thiophene rings is 1. The summed E-state index contributed by atoms with van der Waals surface area (Å²) in [5.74, 6) is -1.17. The first-order chi connectivity index (χ1) is 12.0. The summed E-state index contributed by atoms with van der Waals surface area (Å²) in [6.45, 7) is 1.37. The van der Waals surface area contributed by atoms with Crippen molar-refractivity contribution >= 4 is 39.2 Å². The summed E-state index contributed by atoms with van der Waals surface area (Å²) >= 11 is 1.22. The fourth-order valence-electron chi connectivity index (χ4n) is 2.29. The molecule has 3 rings (SSSR count). The van der Waals surface area contributed by atoms with E-state index < -0.39 is 18.5 Å². The highest BCUT2D eigenvalue weighted by Crippen LogP contribution is 2.22. The standard InChI is InChI=1S/C16H13N5O3S/c1-9-12-5-11(7-18-14(12)21(2)20-9)16(23)24-8-13(22)19-15-10(6-17)3-4-25-15/h3-5,7H,8H2,1-2H3,(H,19,22). The van der Waals surface area contributed by atoms with E-state index in [0.717, 1.165) is 11.1 Å². The number of aryl methyl sites for hydroxylation is 2. The van der Waals surface area contributed by atoms with Crippen molar-refractivity contribution in [2.24, 2.45) is 7.05 Å². The van der Waals surface area contributed by atoms with Crippen LogP contribution in [0.3, 0.4) is 0 Å². The average molecular weight is 355 g/mol. The van der Waals surface area contributed by atoms with E-state index in [1.807, 2.05) is 13.0 Å². The van der Waals surface area contributed by atoms with Crippen LogP contribution in [0.4, 0.5) is 5.00 Å². The van der Waals surface area contributed by atoms with Crippen molar-refractivity contribution in [1.82, 2.24) is 14.8 Å². The number of aromatic nitrogens is 3. The van der Waals surface area contributed by atoms with Crippen LogP contribution in [0.5, 0.6) is 0 Å². The largest absolute Gasteiger partial charge is 0.452 e. The summed E-state index contributed by atoms with van der Waals surface area (Å²) in [6.07, 6.45) is 1.39. The van der Waals surface area contributed by atoms with Gasteiger partial charge in [-0.2, -0.15) is 10.4 Å². The molecular formula is C16H13N5O3S. The summed E-state index contributed by atoms with van der Waals surface area (Å²) < 4.78 is 6.64. The van der Waals surface area contributed by atoms with Crippen molar-refractivity contribution in [3.05, 3.63) is 40.5 Å². The van der Waals surface area contributed by atoms with Gasteiger partial charge in [-0.05, 0) is 24.4 Å². The maximum Gasteiger partial charge on any atom is 0.340 e. The number of ether oxygens (including phenoxy) is 1. The van der Waals surface area contributed by atoms with Gasteiger partial charge in [0, 0.05) is 18.6 Å². The van der Waals surface area contributed by atoms with Crippen molar-refractivity contribution in [1.29, 1.82) is 5.26 Å². The Morgan fingerprint density at radius 2 is 2.28 bits per heavy atom. The van der Waals surface area contributed by atoms with Gasteiger partial charge in [0.25, 0.3) is 5.91 Å². The average Bonchev–Trinajstić information content (AvgIpc) is 3.16. The monoisotopic (exact) mass is 355 g/mol. The van der Waals surface area contributed by atoms with Gasteiger partial charge in [-0.15, -0.1) is 11.3 Å². The summed E-state index contributed by atoms with van der Waals surface area (Å²) in [5.41, 5.74) is 2.02. The van der Waals surface area contributed by atoms with E-state index >= 15 is 0 Å². The maximum atomic E-state index is 12.1. The summed E-state index contributed by atoms with van der Waals surface area (Å²) in [7, 11) is 1.77. The number of carbonyl (C=O) groups is 2. The highest BCUT2D eigenvalue weighted by Gasteiger charge is 2.15. The van der Waals surface area contributed by atoms with Crippen molar-refractivity contribution in [2.75, 3.05) is 11.9 Å². The SMILES string of the molecule is Cc1nn(C)c2ncc(C(=O)OCC(=O)Nc3sccc3C#N)cc12. The van der Waals surface area contributed by atoms with E-state index in [0.29, 0.717) is 16.2 Å². The van der Waals surface area contributed by atoms with Crippen LogP contribution >= 0.6 is 11.3 Å². The fraction of sp³-hybridized carbons (Fsp3) is 0.188. The zero-order valence-corrected chi connectivity index (χ0v) is 14.3. The summed E-state index contributed by atoms with van der Waals surface area (Å²) in [6, 6.07) is 5.21. The number of esters is 1. The Kier molecular flexibility index (Phi) is 4.45. The predicted octanol–water partition coefficient (Wildman–Crippen LogP) is 2.01. The molecule has 0 spiro atoms. The molecule has 1 N–H and O–H groups in total. The Bertz CT molecular complexity index is 1010. The number of amides is 1. The molecule has 0 unspecified atom stereocenters. The number of hydrogen-bond donors (Lipinski definition) is 1. The lowest BCUT2D eigenvalue weighted by atomic mass is 10.2. The first-order valence-electron chi connectivity index (χ1n) is 7.23. The molecule has 0 aliphatic carbocycles. The Hall–Kier alpha value is -3.25. The van der Waals surface area contributed by atoms with Gasteiger partial charge in [0.15, 0.2) is 12.3 Å². The highest BCUT2D eigenvalue weighted by atomic mass is 32.1. The van der Waals surface area contributed by atoms with Gasteiger partial charge >= 0.3 is 5.97 Å². The number of fused-ring (bicyclic) bond motifs is 1. The van der Waals surface area contributed by atoms with Gasteiger partial charge in [-0.3, -0.25) is 9.48 Å². The molecule has 0 saturated heterocycles. The van der Waals surface area contributed by atoms with E-state index in [1.54, 1.807) is 29.2 Å². The van der Waals surface area contributed by atoms with Gasteiger partial charge < -0.3 is 10.1 Å². The van der Waals surface area contributed by atoms with E-state index in [9.17, 15) is 9.59 Å². The fourth-order valence-corrected chi connectivity index (χ4v) is 3.04. The van der Waals surface area contributed by atoms with Crippen LogP contribution in [-0.2, 0) is 16.6 Å². The molecular weight excluding hydrogens is 342 g/mol. The van der Waals surface area contributed by atoms with Gasteiger partial charge in [-0.1, -0.05) is 0 Å². The first kappa shape index (κ1) is 16.6. The van der Waals surface area contributed by atoms with Crippen molar-refractivity contribution in [3.8, 4) is 6.07 Å². The second kappa shape index (κ2) is 6.70. The van der Waals surface area contributed by atoms with Crippen LogP contribution in [0.25, 0.3) is 11.0 Å². The smallest absolute Gasteiger partial charge is 0.340 e. The molecule has 1 amide bonds. The molecule has 126 valence electrons. The molecule has 25 heavy (non-hydrogen) atoms. The van der Waals surface area contributed by atoms with Crippen LogP contribution in [0.1, 0.15) is 21.6 Å². The van der Waals surface area contributed by atoms with Gasteiger partial charge in [-0.25, -0.2) is 9.78 Å². The number of nitriles is 1. The second-order valence-corrected chi connectivity index (χ2v) is 6.12. The molecule has 0 aromatic carbocycles. The van der Waals surface area contributed by atoms with Crippen molar-refractivity contribution in [3.63, 3.8) is 0 Å². The van der Waals surface area contributed by atoms with E-state index in [4.69, 9.17) is 10.00 Å². The quantitative estimate of drug-likeness (QED) is 0.717. The molecule has 0 bridgehead atoms. The van der Waals surface area contributed by atoms with E-state index in [1.165, 1.54) is 17.5 Å². The number of rotatable bonds is 4. The van der Waals surface area contributed by atoms with Crippen LogP contribution < -0.4 is 5.32 Å². The number of carbonyl (C=O) groups excluding carboxylic acids is 2. The third-order valence-electron chi connectivity index (χ3n) is 3.47. The van der Waals surface area contributed by atoms with Crippen LogP contribution in [0.15, 0.2) is 23.7 Å². The normalized spacial score (nSPS) is 10.4. The highest BCUT2D eigenvalue weighted by molar-refractivity contribution is 7.14. The Labute approximate surface area is 146 Å². The molecule has 8 nitrogen and oxygen atoms in total. The minimum Gasteiger partial charge on any atom is -0.452 e. The molecule has 3 aromatic rings. The Morgan fingerprint density at radius 3 is 3.04 bits per heavy atom. The minimum absolute atomic E-state index is 0.241. The van der Waals surface area contributed by atoms with E-state index in [-0.39, 0.29) is 5.56 Å². The van der Waals surface area contributed by atoms with Gasteiger partial charge in [0.05, 0.1) is 16.8 Å². The topological polar surface area (TPSA) is 110 Å². The molecule has 9 heteroatoms. The number of nitrogens with one attached hydrogen (secondary N) is 1. The number of nitrogens with zero attached hydrogens (tertiary/aromatic N) is 4. The van der Waals surface area contributed by atoms with Crippen LogP contribution in [0.2, 0.25) is 0 Å². The number of pyridine rings is 1. The molecule has 0 atom stereocenters. The lowest BCUT2D eigenvalue weighted by Crippen LogP contribution is -2.20. The van der Waals surface area contributed by atoms with Gasteiger partial charge in [0.2, 0.25) is 0 Å². The molecule has 3 aromatic heterocycles. The molecule has 0 aliphatic heterocycles. The molecule has 0 radical (unpaired) electrons. The maximum absolute atomic E-state index is 12.1. The Balaban J connectivity index is 1.65. The molecule has 0 fully saturated rings. The zero-order chi connectivity index (χ0) is 18.0. The van der Waals surface area contributed by atoms with Crippen LogP contribution in [0, 0.1) is 18.3 Å². The third kappa shape index (κ3) is 3.34. The summed E-state index contributed by atoms with van der Waals surface area (Å²) in [5, 5.41) is 18.5.